The third-order valence-electron chi connectivity index (χ3n) is 3.08. The lowest BCUT2D eigenvalue weighted by Crippen LogP contribution is -2.64. The maximum atomic E-state index is 13.6. The fraction of sp³-hybridized carbons (Fsp3) is 0.417. The minimum atomic E-state index is -7.26. The molecule has 0 aliphatic rings. The van der Waals surface area contributed by atoms with E-state index in [4.69, 9.17) is 28.6 Å². The number of hydrogen-bond acceptors (Lipinski definition) is 1. The van der Waals surface area contributed by atoms with Crippen molar-refractivity contribution in [3.8, 4) is 0 Å². The van der Waals surface area contributed by atoms with Gasteiger partial charge >= 0.3 is 30.1 Å². The Morgan fingerprint density at radius 2 is 1.14 bits per heavy atom. The van der Waals surface area contributed by atoms with Crippen LogP contribution < -0.4 is 5.32 Å². The molecule has 0 radical (unpaired) electrons. The predicted octanol–water partition coefficient (Wildman–Crippen LogP) is 6.87. The molecule has 0 saturated carbocycles. The zero-order valence-electron chi connectivity index (χ0n) is 12.4. The Bertz CT molecular complexity index is 746. The summed E-state index contributed by atoms with van der Waals surface area (Å²) >= 11 is 10.6. The Kier molecular flexibility index (Phi) is 6.15. The van der Waals surface area contributed by atoms with E-state index in [0.717, 1.165) is 5.32 Å². The Morgan fingerprint density at radius 3 is 1.46 bits per heavy atom. The van der Waals surface area contributed by atoms with Gasteiger partial charge in [0.15, 0.2) is 5.84 Å². The van der Waals surface area contributed by atoms with Crippen LogP contribution in [0.1, 0.15) is 5.56 Å². The Balaban J connectivity index is 3.33. The van der Waals surface area contributed by atoms with E-state index in [0.29, 0.717) is 0 Å². The topological polar surface area (TPSA) is 35.9 Å². The lowest BCUT2D eigenvalue weighted by atomic mass is 10.0. The molecule has 28 heavy (non-hydrogen) atoms. The van der Waals surface area contributed by atoms with E-state index >= 15 is 0 Å². The maximum Gasteiger partial charge on any atom is 0.460 e. The summed E-state index contributed by atoms with van der Waals surface area (Å²) in [4.78, 5) is 0. The van der Waals surface area contributed by atoms with E-state index in [1.54, 1.807) is 0 Å². The first-order valence-electron chi connectivity index (χ1n) is 6.30. The summed E-state index contributed by atoms with van der Waals surface area (Å²) in [5.41, 5.74) is -2.76. The molecule has 0 fully saturated rings. The van der Waals surface area contributed by atoms with Crippen LogP contribution in [0.25, 0.3) is 0 Å². The van der Waals surface area contributed by atoms with Crippen molar-refractivity contribution in [2.75, 3.05) is 5.32 Å². The van der Waals surface area contributed by atoms with Crippen LogP contribution in [-0.2, 0) is 6.18 Å². The second-order valence-electron chi connectivity index (χ2n) is 5.03. The molecule has 1 aromatic carbocycles. The number of anilines is 1. The minimum absolute atomic E-state index is 0.0592. The molecular weight excluding hydrogens is 471 g/mol. The van der Waals surface area contributed by atoms with Crippen LogP contribution >= 0.6 is 23.2 Å². The van der Waals surface area contributed by atoms with Crippen molar-refractivity contribution in [2.45, 2.75) is 30.1 Å². The summed E-state index contributed by atoms with van der Waals surface area (Å²) in [5, 5.41) is 5.38. The summed E-state index contributed by atoms with van der Waals surface area (Å²) < 4.78 is 153. The molecule has 0 bridgehead atoms. The van der Waals surface area contributed by atoms with Crippen molar-refractivity contribution in [3.63, 3.8) is 0 Å². The molecule has 1 aromatic rings. The molecule has 0 spiro atoms. The molecule has 2 N–H and O–H groups in total. The quantitative estimate of drug-likeness (QED) is 0.279. The maximum absolute atomic E-state index is 13.6. The number of amidine groups is 1. The molecular formula is C12H4Cl2F12N2. The van der Waals surface area contributed by atoms with E-state index in [1.807, 2.05) is 0 Å². The first-order valence-corrected chi connectivity index (χ1v) is 7.06. The highest BCUT2D eigenvalue weighted by atomic mass is 35.5. The monoisotopic (exact) mass is 474 g/mol. The van der Waals surface area contributed by atoms with Crippen LogP contribution in [0.3, 0.4) is 0 Å². The molecule has 160 valence electrons. The number of benzene rings is 1. The van der Waals surface area contributed by atoms with Crippen LogP contribution in [0.5, 0.6) is 0 Å². The number of nitrogens with one attached hydrogen (secondary N) is 2. The molecule has 0 aromatic heterocycles. The summed E-state index contributed by atoms with van der Waals surface area (Å²) in [7, 11) is 0. The highest BCUT2D eigenvalue weighted by Crippen LogP contribution is 2.53. The van der Waals surface area contributed by atoms with Crippen molar-refractivity contribution in [3.05, 3.63) is 27.7 Å². The molecule has 0 aliphatic heterocycles. The molecule has 0 saturated heterocycles. The van der Waals surface area contributed by atoms with Crippen LogP contribution in [0.15, 0.2) is 12.1 Å². The van der Waals surface area contributed by atoms with Gasteiger partial charge in [-0.2, -0.15) is 52.7 Å². The van der Waals surface area contributed by atoms with Crippen LogP contribution in [-0.4, -0.2) is 29.8 Å². The lowest BCUT2D eigenvalue weighted by molar-refractivity contribution is -0.384. The van der Waals surface area contributed by atoms with Gasteiger partial charge in [0.05, 0.1) is 21.3 Å². The first-order chi connectivity index (χ1) is 12.2. The van der Waals surface area contributed by atoms with E-state index in [2.05, 4.69) is 0 Å². The molecule has 0 heterocycles. The summed E-state index contributed by atoms with van der Waals surface area (Å²) in [6.45, 7) is 0. The van der Waals surface area contributed by atoms with Crippen molar-refractivity contribution in [1.82, 2.24) is 0 Å². The van der Waals surface area contributed by atoms with Crippen LogP contribution in [0, 0.1) is 5.41 Å². The summed E-state index contributed by atoms with van der Waals surface area (Å²) in [6, 6.07) is 0.118. The number of hydrogen-bond donors (Lipinski definition) is 2. The van der Waals surface area contributed by atoms with Gasteiger partial charge in [-0.15, -0.1) is 0 Å². The third kappa shape index (κ3) is 4.07. The van der Waals surface area contributed by atoms with E-state index < -0.39 is 57.3 Å². The van der Waals surface area contributed by atoms with Gasteiger partial charge in [0.25, 0.3) is 0 Å². The van der Waals surface area contributed by atoms with Gasteiger partial charge < -0.3 is 5.32 Å². The fourth-order valence-electron chi connectivity index (χ4n) is 1.59. The Morgan fingerprint density at radius 1 is 0.750 bits per heavy atom. The van der Waals surface area contributed by atoms with Gasteiger partial charge in [-0.25, -0.2) is 0 Å². The highest BCUT2D eigenvalue weighted by molar-refractivity contribution is 6.40. The van der Waals surface area contributed by atoms with Crippen LogP contribution in [0.4, 0.5) is 58.4 Å². The molecule has 16 heteroatoms. The average molecular weight is 475 g/mol. The summed E-state index contributed by atoms with van der Waals surface area (Å²) in [6.07, 6.45) is -12.1. The highest BCUT2D eigenvalue weighted by Gasteiger charge is 2.83. The van der Waals surface area contributed by atoms with Crippen molar-refractivity contribution < 1.29 is 52.7 Å². The molecule has 2 nitrogen and oxygen atoms in total. The zero-order chi connectivity index (χ0) is 22.5. The van der Waals surface area contributed by atoms with Gasteiger partial charge in [-0.3, -0.25) is 5.41 Å². The van der Waals surface area contributed by atoms with Crippen molar-refractivity contribution in [1.29, 1.82) is 5.41 Å². The molecule has 1 rings (SSSR count). The normalized spacial score (nSPS) is 14.2. The van der Waals surface area contributed by atoms with Gasteiger partial charge in [-0.05, 0) is 12.1 Å². The second-order valence-corrected chi connectivity index (χ2v) is 5.85. The minimum Gasteiger partial charge on any atom is -0.337 e. The fourth-order valence-corrected chi connectivity index (χ4v) is 2.17. The van der Waals surface area contributed by atoms with E-state index in [-0.39, 0.29) is 12.1 Å². The molecule has 0 atom stereocenters. The van der Waals surface area contributed by atoms with Gasteiger partial charge in [-0.1, -0.05) is 23.2 Å². The van der Waals surface area contributed by atoms with E-state index in [1.165, 1.54) is 0 Å². The van der Waals surface area contributed by atoms with Gasteiger partial charge in [0.2, 0.25) is 0 Å². The SMILES string of the molecule is N=C(Nc1c(Cl)cc(C(F)(F)F)cc1Cl)C(F)(F)C(F)(F)C(F)(F)C(F)(F)F. The number of rotatable bonds is 4. The number of alkyl halides is 12. The van der Waals surface area contributed by atoms with Crippen LogP contribution in [0.2, 0.25) is 10.0 Å². The third-order valence-corrected chi connectivity index (χ3v) is 3.67. The Labute approximate surface area is 156 Å². The van der Waals surface area contributed by atoms with E-state index in [9.17, 15) is 52.7 Å². The van der Waals surface area contributed by atoms with Crippen molar-refractivity contribution >= 4 is 34.7 Å². The average Bonchev–Trinajstić information content (AvgIpc) is 2.47. The largest absolute Gasteiger partial charge is 0.460 e. The second kappa shape index (κ2) is 7.04. The zero-order valence-corrected chi connectivity index (χ0v) is 14.0. The number of halogens is 14. The standard InChI is InChI=1S/C12H4Cl2F12N2/c13-4-1-3(9(17,18)19)2-5(14)6(4)28-7(27)8(15,16)10(20,21)11(22,23)12(24,25)26/h1-2H,(H2,27,28). The lowest BCUT2D eigenvalue weighted by Gasteiger charge is -2.34. The smallest absolute Gasteiger partial charge is 0.337 e. The molecule has 0 amide bonds. The molecule has 0 aliphatic carbocycles. The first kappa shape index (κ1) is 24.5. The Hall–Kier alpha value is -1.57. The van der Waals surface area contributed by atoms with Crippen molar-refractivity contribution in [2.24, 2.45) is 0 Å². The van der Waals surface area contributed by atoms with Gasteiger partial charge in [0.1, 0.15) is 0 Å². The molecule has 0 unspecified atom stereocenters. The van der Waals surface area contributed by atoms with Gasteiger partial charge in [0, 0.05) is 0 Å². The summed E-state index contributed by atoms with van der Waals surface area (Å²) in [5.74, 6) is -23.8. The predicted molar refractivity (Wildman–Crippen MR) is 73.7 cm³/mol.